The summed E-state index contributed by atoms with van der Waals surface area (Å²) in [7, 11) is -1.34. The Morgan fingerprint density at radius 2 is 1.94 bits per heavy atom. The molecule has 0 amide bonds. The Morgan fingerprint density at radius 3 is 2.39 bits per heavy atom. The molecule has 3 nitrogen and oxygen atoms in total. The van der Waals surface area contributed by atoms with Gasteiger partial charge in [-0.25, -0.2) is 8.42 Å². The van der Waals surface area contributed by atoms with Crippen LogP contribution in [0.15, 0.2) is 18.2 Å². The number of likely N-dealkylation sites (N-methyl/N-ethyl adjacent to an activating group) is 1. The molecule has 102 valence electrons. The fourth-order valence-electron chi connectivity index (χ4n) is 1.73. The number of hydrogen-bond donors (Lipinski definition) is 1. The maximum absolute atomic E-state index is 11.6. The van der Waals surface area contributed by atoms with Gasteiger partial charge in [0.1, 0.15) is 0 Å². The fraction of sp³-hybridized carbons (Fsp3) is 0.500. The summed E-state index contributed by atoms with van der Waals surface area (Å²) in [5.74, 6) is 0. The summed E-state index contributed by atoms with van der Waals surface area (Å²) in [6.07, 6.45) is 1.78. The van der Waals surface area contributed by atoms with Crippen molar-refractivity contribution in [1.29, 1.82) is 0 Å². The number of benzene rings is 1. The predicted molar refractivity (Wildman–Crippen MR) is 77.3 cm³/mol. The van der Waals surface area contributed by atoms with Gasteiger partial charge in [0.25, 0.3) is 0 Å². The van der Waals surface area contributed by atoms with Gasteiger partial charge >= 0.3 is 0 Å². The van der Waals surface area contributed by atoms with Crippen LogP contribution >= 0.6 is 23.2 Å². The van der Waals surface area contributed by atoms with Crippen molar-refractivity contribution in [1.82, 2.24) is 5.32 Å². The highest BCUT2D eigenvalue weighted by Crippen LogP contribution is 2.23. The third-order valence-electron chi connectivity index (χ3n) is 3.07. The first-order valence-corrected chi connectivity index (χ1v) is 8.26. The van der Waals surface area contributed by atoms with Crippen LogP contribution in [-0.4, -0.2) is 33.0 Å². The second kappa shape index (κ2) is 6.24. The topological polar surface area (TPSA) is 46.2 Å². The Labute approximate surface area is 118 Å². The molecule has 0 heterocycles. The van der Waals surface area contributed by atoms with Crippen molar-refractivity contribution in [3.05, 3.63) is 33.8 Å². The normalized spacial score (nSPS) is 15.4. The maximum atomic E-state index is 11.6. The summed E-state index contributed by atoms with van der Waals surface area (Å²) < 4.78 is 23.1. The molecule has 0 fully saturated rings. The number of halogens is 2. The largest absolute Gasteiger partial charge is 0.315 e. The van der Waals surface area contributed by atoms with Gasteiger partial charge in [0.15, 0.2) is 9.84 Å². The van der Waals surface area contributed by atoms with Crippen molar-refractivity contribution < 1.29 is 8.42 Å². The van der Waals surface area contributed by atoms with E-state index < -0.39 is 15.1 Å². The Morgan fingerprint density at radius 1 is 1.33 bits per heavy atom. The van der Waals surface area contributed by atoms with Crippen LogP contribution in [0.25, 0.3) is 0 Å². The van der Waals surface area contributed by atoms with E-state index in [0.29, 0.717) is 16.5 Å². The molecule has 1 aromatic rings. The molecule has 0 aliphatic heterocycles. The zero-order chi connectivity index (χ0) is 13.9. The van der Waals surface area contributed by atoms with Crippen molar-refractivity contribution in [2.45, 2.75) is 24.6 Å². The van der Waals surface area contributed by atoms with Crippen LogP contribution in [0.3, 0.4) is 0 Å². The van der Waals surface area contributed by atoms with Crippen molar-refractivity contribution in [2.24, 2.45) is 0 Å². The molecule has 0 bridgehead atoms. The molecule has 2 atom stereocenters. The zero-order valence-corrected chi connectivity index (χ0v) is 12.9. The van der Waals surface area contributed by atoms with Crippen LogP contribution in [0.1, 0.15) is 12.5 Å². The minimum Gasteiger partial charge on any atom is -0.315 e. The third kappa shape index (κ3) is 4.12. The van der Waals surface area contributed by atoms with E-state index in [1.165, 1.54) is 6.26 Å². The van der Waals surface area contributed by atoms with E-state index in [0.717, 1.165) is 5.56 Å². The quantitative estimate of drug-likeness (QED) is 0.909. The van der Waals surface area contributed by atoms with E-state index in [9.17, 15) is 8.42 Å². The van der Waals surface area contributed by atoms with Crippen molar-refractivity contribution in [2.75, 3.05) is 13.3 Å². The van der Waals surface area contributed by atoms with Gasteiger partial charge in [-0.3, -0.25) is 0 Å². The van der Waals surface area contributed by atoms with Gasteiger partial charge in [0.2, 0.25) is 0 Å². The number of hydrogen-bond acceptors (Lipinski definition) is 3. The molecule has 0 spiro atoms. The van der Waals surface area contributed by atoms with Gasteiger partial charge in [-0.05, 0) is 38.1 Å². The zero-order valence-electron chi connectivity index (χ0n) is 10.6. The van der Waals surface area contributed by atoms with Crippen LogP contribution in [-0.2, 0) is 16.3 Å². The highest BCUT2D eigenvalue weighted by molar-refractivity contribution is 7.91. The average molecular weight is 310 g/mol. The summed E-state index contributed by atoms with van der Waals surface area (Å²) in [6.45, 7) is 1.69. The first-order valence-electron chi connectivity index (χ1n) is 5.55. The van der Waals surface area contributed by atoms with Crippen molar-refractivity contribution >= 4 is 33.0 Å². The Kier molecular flexibility index (Phi) is 5.46. The average Bonchev–Trinajstić information content (AvgIpc) is 2.26. The van der Waals surface area contributed by atoms with Crippen molar-refractivity contribution in [3.63, 3.8) is 0 Å². The summed E-state index contributed by atoms with van der Waals surface area (Å²) in [5.41, 5.74) is 0.885. The first kappa shape index (κ1) is 15.8. The molecule has 6 heteroatoms. The van der Waals surface area contributed by atoms with E-state index in [1.54, 1.807) is 26.1 Å². The standard InChI is InChI=1S/C12H17Cl2NO2S/c1-8(18(3,16)17)12(15-2)6-9-4-5-10(13)7-11(9)14/h4-5,7-8,12,15H,6H2,1-3H3. The van der Waals surface area contributed by atoms with Gasteiger partial charge in [-0.15, -0.1) is 0 Å². The highest BCUT2D eigenvalue weighted by Gasteiger charge is 2.25. The minimum atomic E-state index is -3.09. The second-order valence-corrected chi connectivity index (χ2v) is 7.62. The lowest BCUT2D eigenvalue weighted by molar-refractivity contribution is 0.516. The molecular weight excluding hydrogens is 293 g/mol. The lowest BCUT2D eigenvalue weighted by atomic mass is 10.0. The van der Waals surface area contributed by atoms with Crippen LogP contribution in [0.4, 0.5) is 0 Å². The molecule has 0 saturated carbocycles. The smallest absolute Gasteiger partial charge is 0.151 e. The van der Waals surface area contributed by atoms with Gasteiger partial charge < -0.3 is 5.32 Å². The lowest BCUT2D eigenvalue weighted by Crippen LogP contribution is -2.42. The van der Waals surface area contributed by atoms with E-state index in [2.05, 4.69) is 5.32 Å². The monoisotopic (exact) mass is 309 g/mol. The third-order valence-corrected chi connectivity index (χ3v) is 5.33. The van der Waals surface area contributed by atoms with Crippen molar-refractivity contribution in [3.8, 4) is 0 Å². The van der Waals surface area contributed by atoms with E-state index in [1.807, 2.05) is 6.07 Å². The Hall–Kier alpha value is -0.290. The number of nitrogens with one attached hydrogen (secondary N) is 1. The molecule has 1 rings (SSSR count). The summed E-state index contributed by atoms with van der Waals surface area (Å²) >= 11 is 11.9. The SMILES string of the molecule is CNC(Cc1ccc(Cl)cc1Cl)C(C)S(C)(=O)=O. The Bertz CT molecular complexity index is 517. The lowest BCUT2D eigenvalue weighted by Gasteiger charge is -2.22. The minimum absolute atomic E-state index is 0.182. The first-order chi connectivity index (χ1) is 8.25. The van der Waals surface area contributed by atoms with Crippen LogP contribution in [0.5, 0.6) is 0 Å². The van der Waals surface area contributed by atoms with Crippen LogP contribution in [0, 0.1) is 0 Å². The molecular formula is C12H17Cl2NO2S. The molecule has 0 radical (unpaired) electrons. The maximum Gasteiger partial charge on any atom is 0.151 e. The molecule has 2 unspecified atom stereocenters. The Balaban J connectivity index is 2.93. The van der Waals surface area contributed by atoms with Gasteiger partial charge in [0, 0.05) is 22.3 Å². The fourth-order valence-corrected chi connectivity index (χ4v) is 3.04. The van der Waals surface area contributed by atoms with Gasteiger partial charge in [0.05, 0.1) is 5.25 Å². The second-order valence-electron chi connectivity index (χ2n) is 4.37. The molecule has 1 N–H and O–H groups in total. The number of rotatable bonds is 5. The van der Waals surface area contributed by atoms with Gasteiger partial charge in [-0.2, -0.15) is 0 Å². The number of sulfone groups is 1. The summed E-state index contributed by atoms with van der Waals surface area (Å²) in [5, 5.41) is 3.68. The molecule has 0 saturated heterocycles. The molecule has 18 heavy (non-hydrogen) atoms. The van der Waals surface area contributed by atoms with E-state index >= 15 is 0 Å². The molecule has 1 aromatic carbocycles. The molecule has 0 aliphatic rings. The van der Waals surface area contributed by atoms with Crippen LogP contribution < -0.4 is 5.32 Å². The molecule has 0 aromatic heterocycles. The highest BCUT2D eigenvalue weighted by atomic mass is 35.5. The van der Waals surface area contributed by atoms with E-state index in [4.69, 9.17) is 23.2 Å². The molecule has 0 aliphatic carbocycles. The predicted octanol–water partition coefficient (Wildman–Crippen LogP) is 2.56. The van der Waals surface area contributed by atoms with Crippen LogP contribution in [0.2, 0.25) is 10.0 Å². The summed E-state index contributed by atoms with van der Waals surface area (Å²) in [6, 6.07) is 5.06. The van der Waals surface area contributed by atoms with E-state index in [-0.39, 0.29) is 6.04 Å². The van der Waals surface area contributed by atoms with Gasteiger partial charge in [-0.1, -0.05) is 29.3 Å². The summed E-state index contributed by atoms with van der Waals surface area (Å²) in [4.78, 5) is 0.